The summed E-state index contributed by atoms with van der Waals surface area (Å²) in [5.41, 5.74) is 4.48. The Morgan fingerprint density at radius 3 is 2.58 bits per heavy atom. The topological polar surface area (TPSA) is 95.6 Å². The highest BCUT2D eigenvalue weighted by atomic mass is 32.2. The second kappa shape index (κ2) is 8.43. The molecule has 164 valence electrons. The second-order valence-electron chi connectivity index (χ2n) is 8.28. The normalized spacial score (nSPS) is 17.7. The van der Waals surface area contributed by atoms with Crippen molar-refractivity contribution in [1.29, 1.82) is 0 Å². The van der Waals surface area contributed by atoms with E-state index in [1.165, 1.54) is 4.31 Å². The number of nitrogens with one attached hydrogen (secondary N) is 2. The number of benzene rings is 2. The summed E-state index contributed by atoms with van der Waals surface area (Å²) >= 11 is 0. The summed E-state index contributed by atoms with van der Waals surface area (Å²) in [6, 6.07) is 10.7. The summed E-state index contributed by atoms with van der Waals surface area (Å²) < 4.78 is 27.7. The Morgan fingerprint density at radius 2 is 1.84 bits per heavy atom. The van der Waals surface area contributed by atoms with Crippen LogP contribution >= 0.6 is 0 Å². The van der Waals surface area contributed by atoms with Gasteiger partial charge < -0.3 is 10.6 Å². The van der Waals surface area contributed by atoms with Gasteiger partial charge in [0.15, 0.2) is 0 Å². The summed E-state index contributed by atoms with van der Waals surface area (Å²) in [6.45, 7) is 4.59. The van der Waals surface area contributed by atoms with Crippen LogP contribution < -0.4 is 10.6 Å². The molecular formula is C23H27N3O4S. The van der Waals surface area contributed by atoms with Crippen LogP contribution in [0.2, 0.25) is 0 Å². The number of hydrogen-bond acceptors (Lipinski definition) is 4. The number of anilines is 2. The van der Waals surface area contributed by atoms with Gasteiger partial charge in [0.05, 0.1) is 4.90 Å². The molecule has 8 heteroatoms. The summed E-state index contributed by atoms with van der Waals surface area (Å²) in [4.78, 5) is 24.5. The molecule has 4 rings (SSSR count). The predicted octanol–water partition coefficient (Wildman–Crippen LogP) is 3.23. The third kappa shape index (κ3) is 4.36. The van der Waals surface area contributed by atoms with Gasteiger partial charge in [-0.05, 0) is 74.1 Å². The van der Waals surface area contributed by atoms with Crippen molar-refractivity contribution in [2.24, 2.45) is 5.92 Å². The van der Waals surface area contributed by atoms with Crippen molar-refractivity contribution in [3.05, 3.63) is 53.1 Å². The van der Waals surface area contributed by atoms with Crippen LogP contribution in [-0.2, 0) is 26.0 Å². The van der Waals surface area contributed by atoms with Gasteiger partial charge in [0.25, 0.3) is 0 Å². The van der Waals surface area contributed by atoms with Crippen LogP contribution in [0.1, 0.15) is 36.0 Å². The molecule has 0 atom stereocenters. The number of hydrogen-bond donors (Lipinski definition) is 2. The van der Waals surface area contributed by atoms with Gasteiger partial charge in [0, 0.05) is 36.8 Å². The molecule has 31 heavy (non-hydrogen) atoms. The lowest BCUT2D eigenvalue weighted by Gasteiger charge is -2.31. The summed E-state index contributed by atoms with van der Waals surface area (Å²) in [6.07, 6.45) is 1.86. The van der Waals surface area contributed by atoms with E-state index >= 15 is 0 Å². The molecule has 1 fully saturated rings. The molecule has 0 bridgehead atoms. The van der Waals surface area contributed by atoms with Crippen LogP contribution in [0.15, 0.2) is 41.3 Å². The Bertz CT molecular complexity index is 1140. The van der Waals surface area contributed by atoms with Crippen LogP contribution in [-0.4, -0.2) is 37.6 Å². The molecule has 2 amide bonds. The van der Waals surface area contributed by atoms with Gasteiger partial charge in [-0.25, -0.2) is 8.42 Å². The number of sulfonamides is 1. The molecule has 7 nitrogen and oxygen atoms in total. The van der Waals surface area contributed by atoms with Crippen molar-refractivity contribution in [2.45, 2.75) is 44.4 Å². The van der Waals surface area contributed by atoms with Gasteiger partial charge in [-0.3, -0.25) is 9.59 Å². The molecule has 2 N–H and O–H groups in total. The zero-order valence-corrected chi connectivity index (χ0v) is 18.6. The van der Waals surface area contributed by atoms with Gasteiger partial charge >= 0.3 is 0 Å². The lowest BCUT2D eigenvalue weighted by molar-refractivity contribution is -0.121. The van der Waals surface area contributed by atoms with Gasteiger partial charge in [-0.15, -0.1) is 0 Å². The molecular weight excluding hydrogens is 414 g/mol. The first kappa shape index (κ1) is 21.5. The van der Waals surface area contributed by atoms with Crippen LogP contribution in [0, 0.1) is 19.8 Å². The molecule has 2 aromatic carbocycles. The first-order chi connectivity index (χ1) is 14.8. The molecule has 0 unspecified atom stereocenters. The van der Waals surface area contributed by atoms with Crippen LogP contribution in [0.4, 0.5) is 11.4 Å². The van der Waals surface area contributed by atoms with Crippen molar-refractivity contribution < 1.29 is 18.0 Å². The number of carbonyl (C=O) groups is 2. The van der Waals surface area contributed by atoms with Crippen LogP contribution in [0.25, 0.3) is 0 Å². The monoisotopic (exact) mass is 441 g/mol. The van der Waals surface area contributed by atoms with Crippen molar-refractivity contribution in [3.63, 3.8) is 0 Å². The number of fused-ring (bicyclic) bond motifs is 1. The van der Waals surface area contributed by atoms with Gasteiger partial charge in [0.2, 0.25) is 21.8 Å². The lowest BCUT2D eigenvalue weighted by atomic mass is 9.97. The number of rotatable bonds is 4. The molecule has 0 aliphatic carbocycles. The average molecular weight is 442 g/mol. The SMILES string of the molecule is Cc1cccc(NC(=O)C2CCN(S(=O)(=O)c3ccc4c(c3)CCC(=O)N4)CC2)c1C. The first-order valence-electron chi connectivity index (χ1n) is 10.6. The van der Waals surface area contributed by atoms with E-state index in [1.54, 1.807) is 18.2 Å². The zero-order valence-electron chi connectivity index (χ0n) is 17.8. The number of carbonyl (C=O) groups excluding carboxylic acids is 2. The van der Waals surface area contributed by atoms with E-state index in [2.05, 4.69) is 10.6 Å². The van der Waals surface area contributed by atoms with Crippen molar-refractivity contribution >= 4 is 33.2 Å². The van der Waals surface area contributed by atoms with Gasteiger partial charge in [-0.1, -0.05) is 12.1 Å². The van der Waals surface area contributed by atoms with E-state index in [4.69, 9.17) is 0 Å². The van der Waals surface area contributed by atoms with E-state index in [-0.39, 0.29) is 22.6 Å². The minimum absolute atomic E-state index is 0.0516. The van der Waals surface area contributed by atoms with E-state index < -0.39 is 10.0 Å². The van der Waals surface area contributed by atoms with Crippen LogP contribution in [0.3, 0.4) is 0 Å². The highest BCUT2D eigenvalue weighted by Crippen LogP contribution is 2.29. The number of piperidine rings is 1. The number of nitrogens with zero attached hydrogens (tertiary/aromatic N) is 1. The smallest absolute Gasteiger partial charge is 0.243 e. The fraction of sp³-hybridized carbons (Fsp3) is 0.391. The second-order valence-corrected chi connectivity index (χ2v) is 10.2. The average Bonchev–Trinajstić information content (AvgIpc) is 2.76. The first-order valence-corrected chi connectivity index (χ1v) is 12.0. The molecule has 0 aromatic heterocycles. The van der Waals surface area contributed by atoms with E-state index in [0.717, 1.165) is 22.4 Å². The maximum atomic E-state index is 13.1. The zero-order chi connectivity index (χ0) is 22.2. The fourth-order valence-corrected chi connectivity index (χ4v) is 5.67. The van der Waals surface area contributed by atoms with E-state index in [0.29, 0.717) is 44.5 Å². The summed E-state index contributed by atoms with van der Waals surface area (Å²) in [5, 5.41) is 5.77. The maximum Gasteiger partial charge on any atom is 0.243 e. The van der Waals surface area contributed by atoms with E-state index in [1.807, 2.05) is 32.0 Å². The molecule has 0 saturated carbocycles. The largest absolute Gasteiger partial charge is 0.326 e. The highest BCUT2D eigenvalue weighted by Gasteiger charge is 2.33. The fourth-order valence-electron chi connectivity index (χ4n) is 4.15. The molecule has 2 aliphatic rings. The Labute approximate surface area is 182 Å². The summed E-state index contributed by atoms with van der Waals surface area (Å²) in [5.74, 6) is -0.329. The molecule has 1 saturated heterocycles. The van der Waals surface area contributed by atoms with E-state index in [9.17, 15) is 18.0 Å². The third-order valence-electron chi connectivity index (χ3n) is 6.30. The Hall–Kier alpha value is -2.71. The summed E-state index contributed by atoms with van der Waals surface area (Å²) in [7, 11) is -3.64. The molecule has 2 heterocycles. The highest BCUT2D eigenvalue weighted by molar-refractivity contribution is 7.89. The van der Waals surface area contributed by atoms with Crippen molar-refractivity contribution in [2.75, 3.05) is 23.7 Å². The number of aryl methyl sites for hydroxylation is 2. The van der Waals surface area contributed by atoms with Crippen LogP contribution in [0.5, 0.6) is 0 Å². The lowest BCUT2D eigenvalue weighted by Crippen LogP contribution is -2.41. The molecule has 2 aromatic rings. The molecule has 0 radical (unpaired) electrons. The van der Waals surface area contributed by atoms with Crippen molar-refractivity contribution in [3.8, 4) is 0 Å². The quantitative estimate of drug-likeness (QED) is 0.762. The predicted molar refractivity (Wildman–Crippen MR) is 119 cm³/mol. The van der Waals surface area contributed by atoms with Gasteiger partial charge in [-0.2, -0.15) is 4.31 Å². The van der Waals surface area contributed by atoms with Crippen molar-refractivity contribution in [1.82, 2.24) is 4.31 Å². The number of amides is 2. The standard InChI is InChI=1S/C23H27N3O4S/c1-15-4-3-5-20(16(15)2)25-23(28)17-10-12-26(13-11-17)31(29,30)19-7-8-21-18(14-19)6-9-22(27)24-21/h3-5,7-8,14,17H,6,9-13H2,1-2H3,(H,24,27)(H,25,28). The molecule has 2 aliphatic heterocycles. The Morgan fingerprint density at radius 1 is 1.10 bits per heavy atom. The minimum atomic E-state index is -3.64. The molecule has 0 spiro atoms. The minimum Gasteiger partial charge on any atom is -0.326 e. The van der Waals surface area contributed by atoms with Gasteiger partial charge in [0.1, 0.15) is 0 Å². The maximum absolute atomic E-state index is 13.1. The third-order valence-corrected chi connectivity index (χ3v) is 8.19. The Balaban J connectivity index is 1.41. The Kier molecular flexibility index (Phi) is 5.85.